The minimum atomic E-state index is -4.71. The van der Waals surface area contributed by atoms with Crippen molar-refractivity contribution in [2.24, 2.45) is 0 Å². The minimum Gasteiger partial charge on any atom is -0.328 e. The van der Waals surface area contributed by atoms with Crippen LogP contribution >= 0.6 is 0 Å². The molecule has 3 aromatic heterocycles. The lowest BCUT2D eigenvalue weighted by molar-refractivity contribution is -0.498. The van der Waals surface area contributed by atoms with E-state index in [0.29, 0.717) is 16.9 Å². The average molecular weight is 416 g/mol. The molecule has 3 N–H and O–H groups in total. The number of alkyl halides is 3. The number of nitrogens with one attached hydrogen (secondary N) is 3. The summed E-state index contributed by atoms with van der Waals surface area (Å²) < 4.78 is 56.1. The van der Waals surface area contributed by atoms with Crippen LogP contribution in [0.5, 0.6) is 0 Å². The first kappa shape index (κ1) is 19.6. The number of carbonyl (C=O) groups is 1. The molecule has 0 aliphatic heterocycles. The van der Waals surface area contributed by atoms with Crippen molar-refractivity contribution in [2.45, 2.75) is 12.2 Å². The predicted octanol–water partition coefficient (Wildman–Crippen LogP) is 3.41. The number of rotatable bonds is 4. The van der Waals surface area contributed by atoms with E-state index in [0.717, 1.165) is 0 Å². The Labute approximate surface area is 168 Å². The topological polar surface area (TPSA) is 63.1 Å². The summed E-state index contributed by atoms with van der Waals surface area (Å²) in [6, 6.07) is 12.6. The second-order valence-electron chi connectivity index (χ2n) is 6.58. The first-order valence-corrected chi connectivity index (χ1v) is 8.97. The number of benzene rings is 1. The summed E-state index contributed by atoms with van der Waals surface area (Å²) in [5.41, 5.74) is 0.526. The number of hydrogen-bond donors (Lipinski definition) is 2. The van der Waals surface area contributed by atoms with E-state index in [1.54, 1.807) is 40.9 Å². The molecule has 0 fully saturated rings. The van der Waals surface area contributed by atoms with Gasteiger partial charge in [-0.1, -0.05) is 18.2 Å². The van der Waals surface area contributed by atoms with Gasteiger partial charge in [0.1, 0.15) is 5.82 Å². The molecule has 9 heteroatoms. The van der Waals surface area contributed by atoms with Crippen molar-refractivity contribution < 1.29 is 31.7 Å². The number of carbonyl (C=O) groups excluding carboxylic acids is 1. The molecule has 1 unspecified atom stereocenters. The van der Waals surface area contributed by atoms with Gasteiger partial charge in [-0.2, -0.15) is 17.6 Å². The van der Waals surface area contributed by atoms with E-state index < -0.39 is 23.9 Å². The van der Waals surface area contributed by atoms with Gasteiger partial charge >= 0.3 is 6.18 Å². The molecule has 1 amide bonds. The molecule has 152 valence electrons. The van der Waals surface area contributed by atoms with Crippen molar-refractivity contribution in [3.8, 4) is 11.4 Å². The minimum absolute atomic E-state index is 0.0694. The maximum absolute atomic E-state index is 13.7. The number of aromatic nitrogens is 3. The van der Waals surface area contributed by atoms with Gasteiger partial charge in [0.25, 0.3) is 11.7 Å². The zero-order valence-electron chi connectivity index (χ0n) is 15.4. The van der Waals surface area contributed by atoms with Crippen molar-refractivity contribution in [1.82, 2.24) is 10.3 Å². The van der Waals surface area contributed by atoms with Crippen LogP contribution in [-0.4, -0.2) is 17.1 Å². The maximum Gasteiger partial charge on any atom is 0.418 e. The molecule has 30 heavy (non-hydrogen) atoms. The van der Waals surface area contributed by atoms with Crippen LogP contribution in [-0.2, 0) is 0 Å². The van der Waals surface area contributed by atoms with Crippen LogP contribution in [0.1, 0.15) is 22.2 Å². The smallest absolute Gasteiger partial charge is 0.328 e. The number of nitrogens with zero attached hydrogens (tertiary/aromatic N) is 1. The third kappa shape index (κ3) is 3.73. The van der Waals surface area contributed by atoms with Gasteiger partial charge in [-0.25, -0.2) is 14.4 Å². The summed E-state index contributed by atoms with van der Waals surface area (Å²) in [4.78, 5) is 18.2. The second kappa shape index (κ2) is 7.58. The molecule has 4 aromatic rings. The van der Waals surface area contributed by atoms with E-state index >= 15 is 0 Å². The van der Waals surface area contributed by atoms with Crippen LogP contribution in [0.25, 0.3) is 16.9 Å². The zero-order valence-corrected chi connectivity index (χ0v) is 15.4. The summed E-state index contributed by atoms with van der Waals surface area (Å²) in [6.07, 6.45) is -1.73. The number of H-pyrrole nitrogens is 2. The van der Waals surface area contributed by atoms with Gasteiger partial charge in [-0.3, -0.25) is 4.79 Å². The van der Waals surface area contributed by atoms with Crippen molar-refractivity contribution >= 4 is 11.4 Å². The molecule has 0 aliphatic rings. The Morgan fingerprint density at radius 2 is 1.87 bits per heavy atom. The first-order chi connectivity index (χ1) is 14.3. The Balaban J connectivity index is 1.77. The lowest BCUT2D eigenvalue weighted by Gasteiger charge is -2.17. The number of halogens is 4. The molecule has 1 aromatic carbocycles. The molecule has 0 saturated carbocycles. The predicted molar refractivity (Wildman–Crippen MR) is 98.6 cm³/mol. The summed E-state index contributed by atoms with van der Waals surface area (Å²) in [5.74, 6) is -1.06. The van der Waals surface area contributed by atoms with E-state index in [4.69, 9.17) is 0 Å². The summed E-state index contributed by atoms with van der Waals surface area (Å²) in [6.45, 7) is 0. The van der Waals surface area contributed by atoms with Gasteiger partial charge < -0.3 is 5.32 Å². The standard InChI is InChI=1S/C21H14F4N4O/c22-14-7-5-6-13(12-14)19-27-17(16-9-2-4-11-29(16)19)20(30)28-18(21(23,24)25)15-8-1-3-10-26-15/h1-12,18H,(H,28,30)/p+2. The third-order valence-corrected chi connectivity index (χ3v) is 4.57. The van der Waals surface area contributed by atoms with E-state index in [1.165, 1.54) is 36.5 Å². The van der Waals surface area contributed by atoms with Crippen molar-refractivity contribution in [1.29, 1.82) is 0 Å². The monoisotopic (exact) mass is 416 g/mol. The van der Waals surface area contributed by atoms with Crippen LogP contribution < -0.4 is 14.7 Å². The molecule has 0 bridgehead atoms. The molecule has 0 aliphatic carbocycles. The van der Waals surface area contributed by atoms with Crippen LogP contribution in [0.2, 0.25) is 0 Å². The number of aromatic amines is 2. The Bertz CT molecular complexity index is 1200. The van der Waals surface area contributed by atoms with Gasteiger partial charge in [0.2, 0.25) is 17.4 Å². The third-order valence-electron chi connectivity index (χ3n) is 4.57. The van der Waals surface area contributed by atoms with Gasteiger partial charge in [0.15, 0.2) is 11.7 Å². The lowest BCUT2D eigenvalue weighted by Crippen LogP contribution is -2.41. The molecule has 0 radical (unpaired) electrons. The summed E-state index contributed by atoms with van der Waals surface area (Å²) in [7, 11) is 0. The molecule has 0 saturated heterocycles. The highest BCUT2D eigenvalue weighted by molar-refractivity contribution is 5.98. The van der Waals surface area contributed by atoms with Crippen molar-refractivity contribution in [3.63, 3.8) is 0 Å². The van der Waals surface area contributed by atoms with E-state index in [2.05, 4.69) is 9.97 Å². The molecule has 3 heterocycles. The van der Waals surface area contributed by atoms with Crippen molar-refractivity contribution in [3.05, 3.63) is 90.3 Å². The van der Waals surface area contributed by atoms with Gasteiger partial charge in [0, 0.05) is 12.1 Å². The molecular weight excluding hydrogens is 400 g/mol. The van der Waals surface area contributed by atoms with Crippen LogP contribution in [0, 0.1) is 5.82 Å². The summed E-state index contributed by atoms with van der Waals surface area (Å²) in [5, 5.41) is 2.04. The quantitative estimate of drug-likeness (QED) is 0.389. The van der Waals surface area contributed by atoms with E-state index in [1.807, 2.05) is 5.32 Å². The van der Waals surface area contributed by atoms with Crippen LogP contribution in [0.3, 0.4) is 0 Å². The van der Waals surface area contributed by atoms with Gasteiger partial charge in [-0.15, -0.1) is 0 Å². The summed E-state index contributed by atoms with van der Waals surface area (Å²) >= 11 is 0. The first-order valence-electron chi connectivity index (χ1n) is 8.97. The maximum atomic E-state index is 13.7. The average Bonchev–Trinajstić information content (AvgIpc) is 3.11. The van der Waals surface area contributed by atoms with E-state index in [9.17, 15) is 22.4 Å². The molecule has 5 nitrogen and oxygen atoms in total. The highest BCUT2D eigenvalue weighted by Gasteiger charge is 2.46. The normalized spacial score (nSPS) is 12.7. The highest BCUT2D eigenvalue weighted by Crippen LogP contribution is 2.31. The number of imidazole rings is 1. The number of amides is 1. The largest absolute Gasteiger partial charge is 0.418 e. The fourth-order valence-electron chi connectivity index (χ4n) is 3.23. The highest BCUT2D eigenvalue weighted by atomic mass is 19.4. The second-order valence-corrected chi connectivity index (χ2v) is 6.58. The molecular formula is C21H16F4N4O+2. The van der Waals surface area contributed by atoms with Gasteiger partial charge in [-0.05, 0) is 30.3 Å². The van der Waals surface area contributed by atoms with Gasteiger partial charge in [0.05, 0.1) is 11.8 Å². The number of fused-ring (bicyclic) bond motifs is 1. The lowest BCUT2D eigenvalue weighted by atomic mass is 10.1. The Hall–Kier alpha value is -3.75. The Morgan fingerprint density at radius 3 is 2.57 bits per heavy atom. The Kier molecular flexibility index (Phi) is 4.94. The zero-order chi connectivity index (χ0) is 21.3. The van der Waals surface area contributed by atoms with Crippen LogP contribution in [0.4, 0.5) is 17.6 Å². The fraction of sp³-hybridized carbons (Fsp3) is 0.0952. The molecule has 4 rings (SSSR count). The fourth-order valence-corrected chi connectivity index (χ4v) is 3.23. The van der Waals surface area contributed by atoms with E-state index in [-0.39, 0.29) is 11.4 Å². The SMILES string of the molecule is O=C(NC(c1cccc[nH+]1)C(F)(F)F)c1[nH]c(-c2cccc(F)c2)[n+]2ccccc12. The van der Waals surface area contributed by atoms with Crippen LogP contribution in [0.15, 0.2) is 73.1 Å². The molecule has 1 atom stereocenters. The number of pyridine rings is 2. The molecule has 0 spiro atoms. The number of hydrogen-bond acceptors (Lipinski definition) is 1. The Morgan fingerprint density at radius 1 is 1.07 bits per heavy atom. The van der Waals surface area contributed by atoms with Crippen molar-refractivity contribution in [2.75, 3.05) is 0 Å².